The summed E-state index contributed by atoms with van der Waals surface area (Å²) < 4.78 is 5.88. The zero-order valence-electron chi connectivity index (χ0n) is 23.9. The number of aliphatic carboxylic acids is 1. The van der Waals surface area contributed by atoms with E-state index in [0.29, 0.717) is 23.7 Å². The van der Waals surface area contributed by atoms with Gasteiger partial charge in [0.05, 0.1) is 5.41 Å². The van der Waals surface area contributed by atoms with E-state index in [1.54, 1.807) is 6.92 Å². The van der Waals surface area contributed by atoms with Gasteiger partial charge in [-0.1, -0.05) is 46.8 Å². The molecule has 0 radical (unpaired) electrons. The normalized spacial score (nSPS) is 51.5. The Morgan fingerprint density at radius 2 is 1.56 bits per heavy atom. The Bertz CT molecular complexity index is 952. The molecule has 0 aromatic carbocycles. The fraction of sp³-hybridized carbons (Fsp3) is 0.875. The number of hydrogen-bond acceptors (Lipinski definition) is 3. The third-order valence-corrected chi connectivity index (χ3v) is 13.6. The number of hydrogen-bond donors (Lipinski definition) is 1. The highest BCUT2D eigenvalue weighted by Crippen LogP contribution is 2.77. The number of allylic oxidation sites excluding steroid dienone is 2. The van der Waals surface area contributed by atoms with Crippen molar-refractivity contribution in [3.63, 3.8) is 0 Å². The average molecular weight is 499 g/mol. The summed E-state index contributed by atoms with van der Waals surface area (Å²) in [5.74, 6) is 1.66. The van der Waals surface area contributed by atoms with Crippen LogP contribution in [0.1, 0.15) is 113 Å². The van der Waals surface area contributed by atoms with Gasteiger partial charge < -0.3 is 9.84 Å². The van der Waals surface area contributed by atoms with Crippen LogP contribution in [-0.4, -0.2) is 23.1 Å². The molecule has 0 saturated heterocycles. The molecule has 0 aliphatic heterocycles. The topological polar surface area (TPSA) is 63.6 Å². The summed E-state index contributed by atoms with van der Waals surface area (Å²) >= 11 is 0. The number of carbonyl (C=O) groups excluding carboxylic acids is 1. The van der Waals surface area contributed by atoms with Gasteiger partial charge in [-0.3, -0.25) is 9.59 Å². The quantitative estimate of drug-likeness (QED) is 0.320. The predicted octanol–water partition coefficient (Wildman–Crippen LogP) is 7.66. The van der Waals surface area contributed by atoms with Crippen LogP contribution in [0, 0.1) is 56.7 Å². The highest BCUT2D eigenvalue weighted by molar-refractivity contribution is 5.76. The number of ether oxygens (including phenoxy) is 1. The molecular formula is C32H50O4. The van der Waals surface area contributed by atoms with Crippen LogP contribution in [0.15, 0.2) is 12.2 Å². The van der Waals surface area contributed by atoms with Gasteiger partial charge in [-0.05, 0) is 117 Å². The second kappa shape index (κ2) is 8.34. The van der Waals surface area contributed by atoms with Gasteiger partial charge in [-0.25, -0.2) is 0 Å². The summed E-state index contributed by atoms with van der Waals surface area (Å²) in [6, 6.07) is 0. The minimum Gasteiger partial charge on any atom is -0.481 e. The molecule has 0 aromatic heterocycles. The zero-order valence-corrected chi connectivity index (χ0v) is 23.9. The van der Waals surface area contributed by atoms with Gasteiger partial charge in [0.15, 0.2) is 0 Å². The monoisotopic (exact) mass is 498 g/mol. The van der Waals surface area contributed by atoms with Crippen LogP contribution in [0.4, 0.5) is 0 Å². The molecule has 5 aliphatic carbocycles. The first-order valence-electron chi connectivity index (χ1n) is 14.8. The molecule has 5 aliphatic rings. The van der Waals surface area contributed by atoms with Gasteiger partial charge >= 0.3 is 11.9 Å². The van der Waals surface area contributed by atoms with Crippen LogP contribution in [0.2, 0.25) is 0 Å². The Morgan fingerprint density at radius 1 is 0.833 bits per heavy atom. The lowest BCUT2D eigenvalue weighted by Crippen LogP contribution is -2.67. The first-order chi connectivity index (χ1) is 16.8. The summed E-state index contributed by atoms with van der Waals surface area (Å²) in [5, 5.41) is 10.5. The lowest BCUT2D eigenvalue weighted by molar-refractivity contribution is -0.250. The molecule has 5 fully saturated rings. The molecule has 1 N–H and O–H groups in total. The molecule has 0 heterocycles. The summed E-state index contributed by atoms with van der Waals surface area (Å²) in [7, 11) is 0. The van der Waals surface area contributed by atoms with Crippen molar-refractivity contribution in [2.75, 3.05) is 0 Å². The van der Waals surface area contributed by atoms with E-state index < -0.39 is 11.4 Å². The van der Waals surface area contributed by atoms with E-state index in [1.165, 1.54) is 25.7 Å². The largest absolute Gasteiger partial charge is 0.481 e. The van der Waals surface area contributed by atoms with Crippen LogP contribution < -0.4 is 0 Å². The standard InChI is InChI=1S/C32H50O4/c1-8-9-21-12-17-32(27(34)35)19-18-30(6)22(26(21)32)10-11-24-29(5)15-14-25(36-20(2)33)28(3,4)23(29)13-16-31(24,30)7/h8-9,21-26H,10-19H2,1-7H3,(H,34,35)/b9-8+/t21?,22-,23?,24?,25?,26?,29+,30-,31-,32?/m1/s1. The SMILES string of the molecule is C/C=C/C1CCC2(C(=O)O)CC[C@]3(C)[C@H](CCC4[C@@]5(C)CCC(OC(C)=O)C(C)(C)C5CC[C@]43C)C12. The Kier molecular flexibility index (Phi) is 6.09. The van der Waals surface area contributed by atoms with Crippen LogP contribution >= 0.6 is 0 Å². The number of carbonyl (C=O) groups is 2. The van der Waals surface area contributed by atoms with Crippen LogP contribution in [0.5, 0.6) is 0 Å². The number of rotatable bonds is 3. The van der Waals surface area contributed by atoms with Crippen molar-refractivity contribution >= 4 is 11.9 Å². The molecule has 4 nitrogen and oxygen atoms in total. The van der Waals surface area contributed by atoms with Crippen molar-refractivity contribution in [1.29, 1.82) is 0 Å². The van der Waals surface area contributed by atoms with Crippen molar-refractivity contribution in [2.45, 2.75) is 119 Å². The Hall–Kier alpha value is -1.32. The van der Waals surface area contributed by atoms with Crippen LogP contribution in [0.3, 0.4) is 0 Å². The van der Waals surface area contributed by atoms with Gasteiger partial charge in [-0.2, -0.15) is 0 Å². The van der Waals surface area contributed by atoms with E-state index >= 15 is 0 Å². The van der Waals surface area contributed by atoms with E-state index in [1.807, 2.05) is 0 Å². The smallest absolute Gasteiger partial charge is 0.309 e. The summed E-state index contributed by atoms with van der Waals surface area (Å²) in [6.07, 6.45) is 15.1. The third-order valence-electron chi connectivity index (χ3n) is 13.6. The molecule has 202 valence electrons. The van der Waals surface area contributed by atoms with E-state index in [4.69, 9.17) is 4.74 Å². The van der Waals surface area contributed by atoms with Gasteiger partial charge in [0.2, 0.25) is 0 Å². The molecule has 0 bridgehead atoms. The summed E-state index contributed by atoms with van der Waals surface area (Å²) in [5.41, 5.74) is 0.0860. The molecule has 6 unspecified atom stereocenters. The van der Waals surface area contributed by atoms with Gasteiger partial charge in [0, 0.05) is 12.3 Å². The summed E-state index contributed by atoms with van der Waals surface area (Å²) in [4.78, 5) is 24.7. The fourth-order valence-electron chi connectivity index (χ4n) is 11.9. The maximum Gasteiger partial charge on any atom is 0.309 e. The van der Waals surface area contributed by atoms with Crippen LogP contribution in [0.25, 0.3) is 0 Å². The number of fused-ring (bicyclic) bond motifs is 7. The average Bonchev–Trinajstić information content (AvgIpc) is 3.16. The van der Waals surface area contributed by atoms with Gasteiger partial charge in [0.1, 0.15) is 6.10 Å². The van der Waals surface area contributed by atoms with E-state index in [0.717, 1.165) is 38.5 Å². The number of carboxylic acids is 1. The maximum atomic E-state index is 12.8. The minimum atomic E-state index is -0.532. The number of esters is 1. The van der Waals surface area contributed by atoms with E-state index in [2.05, 4.69) is 53.7 Å². The summed E-state index contributed by atoms with van der Waals surface area (Å²) in [6.45, 7) is 16.1. The molecular weight excluding hydrogens is 448 g/mol. The molecule has 4 heteroatoms. The van der Waals surface area contributed by atoms with Gasteiger partial charge in [-0.15, -0.1) is 0 Å². The zero-order chi connectivity index (χ0) is 26.3. The second-order valence-electron chi connectivity index (χ2n) is 14.8. The van der Waals surface area contributed by atoms with E-state index in [9.17, 15) is 14.7 Å². The van der Waals surface area contributed by atoms with Gasteiger partial charge in [0.25, 0.3) is 0 Å². The molecule has 0 amide bonds. The fourth-order valence-corrected chi connectivity index (χ4v) is 11.9. The molecule has 0 aromatic rings. The lowest BCUT2D eigenvalue weighted by atomic mass is 9.32. The highest BCUT2D eigenvalue weighted by atomic mass is 16.5. The third kappa shape index (κ3) is 3.24. The molecule has 10 atom stereocenters. The molecule has 0 spiro atoms. The van der Waals surface area contributed by atoms with Crippen molar-refractivity contribution < 1.29 is 19.4 Å². The number of carboxylic acid groups (broad SMARTS) is 1. The second-order valence-corrected chi connectivity index (χ2v) is 14.8. The van der Waals surface area contributed by atoms with Crippen molar-refractivity contribution in [1.82, 2.24) is 0 Å². The van der Waals surface area contributed by atoms with Crippen molar-refractivity contribution in [3.8, 4) is 0 Å². The lowest BCUT2D eigenvalue weighted by Gasteiger charge is -2.72. The Morgan fingerprint density at radius 3 is 2.19 bits per heavy atom. The first-order valence-corrected chi connectivity index (χ1v) is 14.8. The van der Waals surface area contributed by atoms with Crippen molar-refractivity contribution in [2.24, 2.45) is 56.7 Å². The van der Waals surface area contributed by atoms with Crippen LogP contribution in [-0.2, 0) is 14.3 Å². The Labute approximate surface area is 219 Å². The predicted molar refractivity (Wildman–Crippen MR) is 142 cm³/mol. The van der Waals surface area contributed by atoms with Crippen molar-refractivity contribution in [3.05, 3.63) is 12.2 Å². The highest BCUT2D eigenvalue weighted by Gasteiger charge is 2.72. The molecule has 5 saturated carbocycles. The molecule has 5 rings (SSSR count). The van der Waals surface area contributed by atoms with E-state index in [-0.39, 0.29) is 39.7 Å². The Balaban J connectivity index is 1.52. The molecule has 36 heavy (non-hydrogen) atoms. The minimum absolute atomic E-state index is 0.00954. The first kappa shape index (κ1) is 26.3. The maximum absolute atomic E-state index is 12.8.